The van der Waals surface area contributed by atoms with Crippen molar-refractivity contribution in [2.45, 2.75) is 17.5 Å². The molecule has 25 heavy (non-hydrogen) atoms. The Bertz CT molecular complexity index is 932. The van der Waals surface area contributed by atoms with Crippen molar-refractivity contribution in [3.63, 3.8) is 0 Å². The first-order chi connectivity index (χ1) is 12.3. The van der Waals surface area contributed by atoms with E-state index in [9.17, 15) is 0 Å². The summed E-state index contributed by atoms with van der Waals surface area (Å²) in [7, 11) is 0. The van der Waals surface area contributed by atoms with Crippen LogP contribution in [0.5, 0.6) is 0 Å². The minimum Gasteiger partial charge on any atom is -0.467 e. The van der Waals surface area contributed by atoms with Gasteiger partial charge in [-0.25, -0.2) is 0 Å². The van der Waals surface area contributed by atoms with Gasteiger partial charge in [0.05, 0.1) is 17.7 Å². The van der Waals surface area contributed by atoms with Gasteiger partial charge in [-0.15, -0.1) is 21.5 Å². The molecule has 0 aliphatic heterocycles. The number of aromatic nitrogens is 3. The lowest BCUT2D eigenvalue weighted by Crippen LogP contribution is -2.03. The molecule has 3 heterocycles. The van der Waals surface area contributed by atoms with E-state index < -0.39 is 0 Å². The predicted molar refractivity (Wildman–Crippen MR) is 105 cm³/mol. The number of halogens is 1. The van der Waals surface area contributed by atoms with Crippen LogP contribution in [0.2, 0.25) is 0 Å². The third-order valence-corrected chi connectivity index (χ3v) is 6.07. The lowest BCUT2D eigenvalue weighted by molar-refractivity contribution is 0.485. The van der Waals surface area contributed by atoms with Crippen LogP contribution in [0.4, 0.5) is 0 Å². The number of benzene rings is 1. The van der Waals surface area contributed by atoms with Crippen LogP contribution in [0.15, 0.2) is 74.2 Å². The second kappa shape index (κ2) is 7.59. The lowest BCUT2D eigenvalue weighted by Gasteiger charge is -2.08. The van der Waals surface area contributed by atoms with Crippen molar-refractivity contribution in [1.82, 2.24) is 14.8 Å². The van der Waals surface area contributed by atoms with Crippen molar-refractivity contribution >= 4 is 39.0 Å². The molecule has 0 N–H and O–H groups in total. The number of thioether (sulfide) groups is 1. The van der Waals surface area contributed by atoms with Crippen LogP contribution < -0.4 is 0 Å². The van der Waals surface area contributed by atoms with E-state index in [4.69, 9.17) is 4.42 Å². The molecule has 1 aromatic carbocycles. The largest absolute Gasteiger partial charge is 0.467 e. The Labute approximate surface area is 162 Å². The predicted octanol–water partition coefficient (Wildman–Crippen LogP) is 5.70. The van der Waals surface area contributed by atoms with Crippen molar-refractivity contribution in [1.29, 1.82) is 0 Å². The molecular formula is C18H14BrN3OS2. The highest BCUT2D eigenvalue weighted by molar-refractivity contribution is 9.10. The molecule has 7 heteroatoms. The molecule has 0 radical (unpaired) electrons. The Kier molecular flexibility index (Phi) is 5.05. The summed E-state index contributed by atoms with van der Waals surface area (Å²) in [5.41, 5.74) is 1.25. The summed E-state index contributed by atoms with van der Waals surface area (Å²) in [5, 5.41) is 11.8. The van der Waals surface area contributed by atoms with Crippen LogP contribution in [0.3, 0.4) is 0 Å². The van der Waals surface area contributed by atoms with Crippen LogP contribution in [0.25, 0.3) is 10.7 Å². The molecule has 0 bridgehead atoms. The standard InChI is InChI=1S/C18H14BrN3OS2/c19-14-7-5-13(6-8-14)12-25-18-21-20-17(16-4-2-10-24-16)22(18)11-15-3-1-9-23-15/h1-10H,11-12H2. The summed E-state index contributed by atoms with van der Waals surface area (Å²) in [5.74, 6) is 2.61. The van der Waals surface area contributed by atoms with Gasteiger partial charge in [0.15, 0.2) is 11.0 Å². The summed E-state index contributed by atoms with van der Waals surface area (Å²) in [6.07, 6.45) is 1.69. The normalized spacial score (nSPS) is 11.1. The maximum Gasteiger partial charge on any atom is 0.192 e. The van der Waals surface area contributed by atoms with E-state index in [0.29, 0.717) is 6.54 Å². The van der Waals surface area contributed by atoms with E-state index >= 15 is 0 Å². The lowest BCUT2D eigenvalue weighted by atomic mass is 10.2. The topological polar surface area (TPSA) is 43.9 Å². The first kappa shape index (κ1) is 16.6. The summed E-state index contributed by atoms with van der Waals surface area (Å²) in [4.78, 5) is 1.11. The minimum absolute atomic E-state index is 0.621. The van der Waals surface area contributed by atoms with Crippen LogP contribution in [0.1, 0.15) is 11.3 Å². The molecule has 3 aromatic heterocycles. The third-order valence-electron chi connectivity index (χ3n) is 3.63. The number of nitrogens with zero attached hydrogens (tertiary/aromatic N) is 3. The third kappa shape index (κ3) is 3.89. The van der Waals surface area contributed by atoms with Crippen LogP contribution in [-0.4, -0.2) is 14.8 Å². The van der Waals surface area contributed by atoms with E-state index in [-0.39, 0.29) is 0 Å². The van der Waals surface area contributed by atoms with Crippen molar-refractivity contribution < 1.29 is 4.42 Å². The van der Waals surface area contributed by atoms with Gasteiger partial charge in [-0.3, -0.25) is 4.57 Å². The molecule has 0 aliphatic rings. The molecule has 4 rings (SSSR count). The molecule has 0 amide bonds. The summed E-state index contributed by atoms with van der Waals surface area (Å²) >= 11 is 6.82. The summed E-state index contributed by atoms with van der Waals surface area (Å²) in [6, 6.07) is 16.3. The van der Waals surface area contributed by atoms with Crippen LogP contribution >= 0.6 is 39.0 Å². The zero-order valence-electron chi connectivity index (χ0n) is 13.1. The zero-order valence-corrected chi connectivity index (χ0v) is 16.4. The molecule has 0 spiro atoms. The molecule has 0 fully saturated rings. The molecule has 0 atom stereocenters. The fourth-order valence-electron chi connectivity index (χ4n) is 2.41. The average Bonchev–Trinajstić information content (AvgIpc) is 3.37. The fourth-order valence-corrected chi connectivity index (χ4v) is 4.29. The van der Waals surface area contributed by atoms with E-state index in [2.05, 4.69) is 66.4 Å². The van der Waals surface area contributed by atoms with Crippen molar-refractivity contribution in [2.75, 3.05) is 0 Å². The Balaban J connectivity index is 1.61. The molecular weight excluding hydrogens is 418 g/mol. The molecule has 4 aromatic rings. The van der Waals surface area contributed by atoms with Crippen molar-refractivity contribution in [2.24, 2.45) is 0 Å². The van der Waals surface area contributed by atoms with Gasteiger partial charge in [0.2, 0.25) is 0 Å². The van der Waals surface area contributed by atoms with Gasteiger partial charge < -0.3 is 4.42 Å². The second-order valence-electron chi connectivity index (χ2n) is 5.36. The Hall–Kier alpha value is -1.83. The van der Waals surface area contributed by atoms with E-state index in [0.717, 1.165) is 31.8 Å². The second-order valence-corrected chi connectivity index (χ2v) is 8.17. The van der Waals surface area contributed by atoms with Gasteiger partial charge in [0, 0.05) is 10.2 Å². The zero-order chi connectivity index (χ0) is 17.1. The summed E-state index contributed by atoms with van der Waals surface area (Å²) < 4.78 is 8.73. The van der Waals surface area contributed by atoms with Gasteiger partial charge in [0.25, 0.3) is 0 Å². The van der Waals surface area contributed by atoms with E-state index in [1.54, 1.807) is 29.4 Å². The number of hydrogen-bond acceptors (Lipinski definition) is 5. The highest BCUT2D eigenvalue weighted by Gasteiger charge is 2.16. The van der Waals surface area contributed by atoms with Gasteiger partial charge in [-0.05, 0) is 41.3 Å². The van der Waals surface area contributed by atoms with E-state index in [1.807, 2.05) is 18.2 Å². The highest BCUT2D eigenvalue weighted by atomic mass is 79.9. The highest BCUT2D eigenvalue weighted by Crippen LogP contribution is 2.29. The number of furan rings is 1. The molecule has 4 nitrogen and oxygen atoms in total. The number of thiophene rings is 1. The first-order valence-corrected chi connectivity index (χ1v) is 10.3. The van der Waals surface area contributed by atoms with Gasteiger partial charge in [-0.2, -0.15) is 0 Å². The smallest absolute Gasteiger partial charge is 0.192 e. The number of hydrogen-bond donors (Lipinski definition) is 0. The maximum atomic E-state index is 5.52. The molecule has 0 unspecified atom stereocenters. The molecule has 0 saturated heterocycles. The SMILES string of the molecule is Brc1ccc(CSc2nnc(-c3cccs3)n2Cc2ccco2)cc1. The number of rotatable bonds is 6. The van der Waals surface area contributed by atoms with E-state index in [1.165, 1.54) is 5.56 Å². The van der Waals surface area contributed by atoms with Crippen LogP contribution in [-0.2, 0) is 12.3 Å². The Morgan fingerprint density at radius 2 is 1.96 bits per heavy atom. The van der Waals surface area contributed by atoms with Gasteiger partial charge >= 0.3 is 0 Å². The Morgan fingerprint density at radius 3 is 2.68 bits per heavy atom. The molecule has 0 saturated carbocycles. The van der Waals surface area contributed by atoms with Gasteiger partial charge in [-0.1, -0.05) is 45.9 Å². The monoisotopic (exact) mass is 431 g/mol. The van der Waals surface area contributed by atoms with Crippen molar-refractivity contribution in [3.8, 4) is 10.7 Å². The quantitative estimate of drug-likeness (QED) is 0.367. The van der Waals surface area contributed by atoms with Gasteiger partial charge in [0.1, 0.15) is 5.76 Å². The van der Waals surface area contributed by atoms with Crippen molar-refractivity contribution in [3.05, 3.63) is 76.0 Å². The van der Waals surface area contributed by atoms with Crippen LogP contribution in [0, 0.1) is 0 Å². The first-order valence-electron chi connectivity index (χ1n) is 7.66. The minimum atomic E-state index is 0.621. The molecule has 126 valence electrons. The fraction of sp³-hybridized carbons (Fsp3) is 0.111. The average molecular weight is 432 g/mol. The summed E-state index contributed by atoms with van der Waals surface area (Å²) in [6.45, 7) is 0.621. The maximum absolute atomic E-state index is 5.52. The Morgan fingerprint density at radius 1 is 1.08 bits per heavy atom. The molecule has 0 aliphatic carbocycles.